The van der Waals surface area contributed by atoms with Gasteiger partial charge in [-0.05, 0) is 6.42 Å². The van der Waals surface area contributed by atoms with Crippen molar-refractivity contribution in [1.29, 1.82) is 0 Å². The molecule has 4 heteroatoms. The molecule has 0 atom stereocenters. The molecule has 1 nitrogen and oxygen atoms in total. The Bertz CT molecular complexity index is 164. The Morgan fingerprint density at radius 1 is 1.70 bits per heavy atom. The Hall–Kier alpha value is -0.0900. The zero-order valence-electron chi connectivity index (χ0n) is 5.42. The molecular formula is C6H8FNS2. The summed E-state index contributed by atoms with van der Waals surface area (Å²) in [4.78, 5) is 4.05. The number of thiazole rings is 1. The average molecular weight is 177 g/mol. The van der Waals surface area contributed by atoms with Crippen LogP contribution < -0.4 is 0 Å². The van der Waals surface area contributed by atoms with Crippen molar-refractivity contribution in [2.75, 3.05) is 12.4 Å². The summed E-state index contributed by atoms with van der Waals surface area (Å²) in [7, 11) is 0. The summed E-state index contributed by atoms with van der Waals surface area (Å²) < 4.78 is 12.6. The van der Waals surface area contributed by atoms with Crippen LogP contribution in [0.4, 0.5) is 4.39 Å². The van der Waals surface area contributed by atoms with Crippen molar-refractivity contribution in [3.8, 4) is 0 Å². The Labute approximate surface area is 67.7 Å². The molecular weight excluding hydrogens is 169 g/mol. The molecule has 0 spiro atoms. The van der Waals surface area contributed by atoms with Crippen LogP contribution in [0.25, 0.3) is 0 Å². The molecule has 1 aromatic rings. The van der Waals surface area contributed by atoms with Crippen molar-refractivity contribution >= 4 is 23.1 Å². The highest BCUT2D eigenvalue weighted by Gasteiger charge is 1.94. The second-order valence-corrected chi connectivity index (χ2v) is 3.93. The average Bonchev–Trinajstić information content (AvgIpc) is 2.41. The van der Waals surface area contributed by atoms with Gasteiger partial charge < -0.3 is 0 Å². The van der Waals surface area contributed by atoms with Crippen LogP contribution in [0, 0.1) is 0 Å². The van der Waals surface area contributed by atoms with E-state index in [1.165, 1.54) is 0 Å². The van der Waals surface area contributed by atoms with Gasteiger partial charge in [-0.2, -0.15) is 0 Å². The van der Waals surface area contributed by atoms with E-state index in [1.807, 2.05) is 5.38 Å². The lowest BCUT2D eigenvalue weighted by atomic mass is 10.6. The lowest BCUT2D eigenvalue weighted by Gasteiger charge is -1.91. The van der Waals surface area contributed by atoms with E-state index >= 15 is 0 Å². The van der Waals surface area contributed by atoms with Gasteiger partial charge in [0.15, 0.2) is 0 Å². The normalized spacial score (nSPS) is 10.1. The number of thioether (sulfide) groups is 1. The molecule has 10 heavy (non-hydrogen) atoms. The third-order valence-electron chi connectivity index (χ3n) is 0.913. The maximum Gasteiger partial charge on any atom is 0.149 e. The molecule has 0 N–H and O–H groups in total. The minimum absolute atomic E-state index is 0.224. The van der Waals surface area contributed by atoms with E-state index in [4.69, 9.17) is 0 Å². The highest BCUT2D eigenvalue weighted by molar-refractivity contribution is 8.00. The van der Waals surface area contributed by atoms with Crippen LogP contribution >= 0.6 is 23.1 Å². The number of alkyl halides is 1. The lowest BCUT2D eigenvalue weighted by molar-refractivity contribution is 0.489. The van der Waals surface area contributed by atoms with Gasteiger partial charge in [-0.1, -0.05) is 11.8 Å². The molecule has 1 heterocycles. The van der Waals surface area contributed by atoms with E-state index < -0.39 is 0 Å². The van der Waals surface area contributed by atoms with Crippen molar-refractivity contribution in [2.24, 2.45) is 0 Å². The minimum Gasteiger partial charge on any atom is -0.251 e. The van der Waals surface area contributed by atoms with Crippen molar-refractivity contribution < 1.29 is 4.39 Å². The number of rotatable bonds is 4. The second-order valence-electron chi connectivity index (χ2n) is 1.69. The molecule has 56 valence electrons. The minimum atomic E-state index is -0.224. The van der Waals surface area contributed by atoms with Crippen LogP contribution in [0.3, 0.4) is 0 Å². The molecule has 0 aliphatic carbocycles. The van der Waals surface area contributed by atoms with E-state index in [2.05, 4.69) is 4.98 Å². The Balaban J connectivity index is 2.15. The van der Waals surface area contributed by atoms with Crippen LogP contribution in [0.1, 0.15) is 6.42 Å². The van der Waals surface area contributed by atoms with Crippen molar-refractivity contribution in [3.63, 3.8) is 0 Å². The van der Waals surface area contributed by atoms with Crippen LogP contribution in [0.15, 0.2) is 15.9 Å². The maximum atomic E-state index is 11.6. The summed E-state index contributed by atoms with van der Waals surface area (Å²) in [5.41, 5.74) is 0. The number of hydrogen-bond acceptors (Lipinski definition) is 3. The van der Waals surface area contributed by atoms with Gasteiger partial charge in [0.2, 0.25) is 0 Å². The largest absolute Gasteiger partial charge is 0.251 e. The topological polar surface area (TPSA) is 12.9 Å². The molecule has 0 aromatic carbocycles. The van der Waals surface area contributed by atoms with E-state index in [9.17, 15) is 4.39 Å². The lowest BCUT2D eigenvalue weighted by Crippen LogP contribution is -1.79. The van der Waals surface area contributed by atoms with Crippen molar-refractivity contribution in [2.45, 2.75) is 10.8 Å². The second kappa shape index (κ2) is 4.68. The first-order valence-electron chi connectivity index (χ1n) is 3.02. The summed E-state index contributed by atoms with van der Waals surface area (Å²) in [6, 6.07) is 0. The van der Waals surface area contributed by atoms with Crippen molar-refractivity contribution in [1.82, 2.24) is 4.98 Å². The first-order chi connectivity index (χ1) is 4.93. The number of nitrogens with zero attached hydrogens (tertiary/aromatic N) is 1. The zero-order valence-corrected chi connectivity index (χ0v) is 7.05. The molecule has 0 radical (unpaired) electrons. The van der Waals surface area contributed by atoms with Gasteiger partial charge in [0.25, 0.3) is 0 Å². The molecule has 0 aliphatic heterocycles. The molecule has 1 aromatic heterocycles. The predicted octanol–water partition coefficient (Wildman–Crippen LogP) is 2.59. The van der Waals surface area contributed by atoms with Gasteiger partial charge in [0, 0.05) is 17.3 Å². The molecule has 0 saturated carbocycles. The van der Waals surface area contributed by atoms with E-state index in [-0.39, 0.29) is 6.67 Å². The smallest absolute Gasteiger partial charge is 0.149 e. The Morgan fingerprint density at radius 3 is 3.20 bits per heavy atom. The molecule has 0 fully saturated rings. The SMILES string of the molecule is FCCCSc1nccs1. The molecule has 0 aliphatic rings. The third kappa shape index (κ3) is 2.66. The van der Waals surface area contributed by atoms with Crippen LogP contribution in [0.2, 0.25) is 0 Å². The van der Waals surface area contributed by atoms with Gasteiger partial charge >= 0.3 is 0 Å². The van der Waals surface area contributed by atoms with Crippen LogP contribution in [-0.4, -0.2) is 17.4 Å². The number of halogens is 1. The molecule has 1 rings (SSSR count). The summed E-state index contributed by atoms with van der Waals surface area (Å²) in [6.07, 6.45) is 2.40. The molecule has 0 unspecified atom stereocenters. The first kappa shape index (κ1) is 8.01. The maximum absolute atomic E-state index is 11.6. The zero-order chi connectivity index (χ0) is 7.23. The first-order valence-corrected chi connectivity index (χ1v) is 4.88. The summed E-state index contributed by atoms with van der Waals surface area (Å²) >= 11 is 3.22. The summed E-state index contributed by atoms with van der Waals surface area (Å²) in [6.45, 7) is -0.224. The molecule has 0 bridgehead atoms. The number of aromatic nitrogens is 1. The van der Waals surface area contributed by atoms with Crippen LogP contribution in [0.5, 0.6) is 0 Å². The fourth-order valence-electron chi connectivity index (χ4n) is 0.496. The van der Waals surface area contributed by atoms with Gasteiger partial charge in [-0.25, -0.2) is 4.98 Å². The highest BCUT2D eigenvalue weighted by Crippen LogP contribution is 2.20. The number of hydrogen-bond donors (Lipinski definition) is 0. The van der Waals surface area contributed by atoms with Gasteiger partial charge in [0.1, 0.15) is 4.34 Å². The predicted molar refractivity (Wildman–Crippen MR) is 43.4 cm³/mol. The quantitative estimate of drug-likeness (QED) is 0.518. The van der Waals surface area contributed by atoms with Gasteiger partial charge in [0.05, 0.1) is 6.67 Å². The molecule has 0 amide bonds. The Morgan fingerprint density at radius 2 is 2.60 bits per heavy atom. The van der Waals surface area contributed by atoms with Crippen molar-refractivity contribution in [3.05, 3.63) is 11.6 Å². The fraction of sp³-hybridized carbons (Fsp3) is 0.500. The van der Waals surface area contributed by atoms with E-state index in [0.717, 1.165) is 10.1 Å². The van der Waals surface area contributed by atoms with E-state index in [1.54, 1.807) is 29.3 Å². The fourth-order valence-corrected chi connectivity index (χ4v) is 2.11. The monoisotopic (exact) mass is 177 g/mol. The summed E-state index contributed by atoms with van der Waals surface area (Å²) in [5.74, 6) is 0.837. The standard InChI is InChI=1S/C6H8FNS2/c7-2-1-4-9-6-8-3-5-10-6/h3,5H,1-2,4H2. The van der Waals surface area contributed by atoms with E-state index in [0.29, 0.717) is 6.42 Å². The molecule has 0 saturated heterocycles. The van der Waals surface area contributed by atoms with Crippen LogP contribution in [-0.2, 0) is 0 Å². The third-order valence-corrected chi connectivity index (χ3v) is 2.97. The van der Waals surface area contributed by atoms with Gasteiger partial charge in [-0.15, -0.1) is 11.3 Å². The van der Waals surface area contributed by atoms with Gasteiger partial charge in [-0.3, -0.25) is 4.39 Å². The Kier molecular flexibility index (Phi) is 3.75. The summed E-state index contributed by atoms with van der Waals surface area (Å²) in [5, 5.41) is 1.93. The highest BCUT2D eigenvalue weighted by atomic mass is 32.2.